The summed E-state index contributed by atoms with van der Waals surface area (Å²) < 4.78 is 0. The van der Waals surface area contributed by atoms with Gasteiger partial charge in [0.05, 0.1) is 6.04 Å². The van der Waals surface area contributed by atoms with Crippen LogP contribution in [-0.4, -0.2) is 16.9 Å². The number of carbonyl (C=O) groups excluding carboxylic acids is 1. The minimum absolute atomic E-state index is 0.0562. The quantitative estimate of drug-likeness (QED) is 0.644. The zero-order valence-corrected chi connectivity index (χ0v) is 14.2. The molecule has 0 saturated carbocycles. The molecule has 0 radical (unpaired) electrons. The molecule has 0 saturated heterocycles. The molecule has 1 atom stereocenters. The molecule has 3 N–H and O–H groups in total. The van der Waals surface area contributed by atoms with Crippen LogP contribution in [0.4, 0.5) is 5.69 Å². The summed E-state index contributed by atoms with van der Waals surface area (Å²) in [6, 6.07) is 12.6. The summed E-state index contributed by atoms with van der Waals surface area (Å²) in [5, 5.41) is 8.63. The van der Waals surface area contributed by atoms with Crippen LogP contribution in [0.3, 0.4) is 0 Å². The molecule has 122 valence electrons. The summed E-state index contributed by atoms with van der Waals surface area (Å²) in [6.45, 7) is 0.625. The third-order valence-electron chi connectivity index (χ3n) is 4.32. The van der Waals surface area contributed by atoms with Crippen molar-refractivity contribution in [1.82, 2.24) is 10.3 Å². The number of amides is 1. The van der Waals surface area contributed by atoms with Crippen LogP contribution in [-0.2, 0) is 17.8 Å². The lowest BCUT2D eigenvalue weighted by molar-refractivity contribution is -0.118. The Labute approximate surface area is 149 Å². The Morgan fingerprint density at radius 2 is 1.83 bits per heavy atom. The number of halogens is 2. The molecule has 2 heterocycles. The van der Waals surface area contributed by atoms with Gasteiger partial charge in [0, 0.05) is 38.9 Å². The van der Waals surface area contributed by atoms with Gasteiger partial charge in [0.2, 0.25) is 5.91 Å². The summed E-state index contributed by atoms with van der Waals surface area (Å²) in [4.78, 5) is 15.9. The van der Waals surface area contributed by atoms with E-state index in [2.05, 4.69) is 15.6 Å². The Morgan fingerprint density at radius 3 is 2.62 bits per heavy atom. The fourth-order valence-corrected chi connectivity index (χ4v) is 3.41. The molecule has 4 nitrogen and oxygen atoms in total. The number of hydrogen-bond donors (Lipinski definition) is 3. The number of anilines is 1. The van der Waals surface area contributed by atoms with Crippen molar-refractivity contribution in [2.75, 3.05) is 5.32 Å². The minimum atomic E-state index is -0.286. The van der Waals surface area contributed by atoms with E-state index in [-0.39, 0.29) is 11.9 Å². The van der Waals surface area contributed by atoms with Crippen molar-refractivity contribution in [3.05, 3.63) is 63.8 Å². The van der Waals surface area contributed by atoms with Crippen molar-refractivity contribution in [3.8, 4) is 0 Å². The van der Waals surface area contributed by atoms with Gasteiger partial charge in [-0.2, -0.15) is 0 Å². The fraction of sp³-hybridized carbons (Fsp3) is 0.167. The first-order chi connectivity index (χ1) is 11.6. The molecular formula is C18H15Cl2N3O. The first-order valence-electron chi connectivity index (χ1n) is 7.69. The summed E-state index contributed by atoms with van der Waals surface area (Å²) in [7, 11) is 0. The summed E-state index contributed by atoms with van der Waals surface area (Å²) in [5.74, 6) is -0.0562. The van der Waals surface area contributed by atoms with E-state index in [1.165, 1.54) is 0 Å². The van der Waals surface area contributed by atoms with Gasteiger partial charge in [-0.05, 0) is 54.4 Å². The number of benzene rings is 2. The van der Waals surface area contributed by atoms with Gasteiger partial charge in [-0.3, -0.25) is 10.1 Å². The van der Waals surface area contributed by atoms with Gasteiger partial charge in [-0.15, -0.1) is 0 Å². The number of aromatic nitrogens is 1. The number of fused-ring (bicyclic) bond motifs is 3. The van der Waals surface area contributed by atoms with Crippen LogP contribution >= 0.6 is 23.2 Å². The molecule has 24 heavy (non-hydrogen) atoms. The molecule has 3 aromatic rings. The Hall–Kier alpha value is -2.01. The van der Waals surface area contributed by atoms with Gasteiger partial charge in [0.1, 0.15) is 0 Å². The third kappa shape index (κ3) is 2.88. The van der Waals surface area contributed by atoms with Crippen LogP contribution in [0.2, 0.25) is 10.0 Å². The van der Waals surface area contributed by atoms with E-state index in [1.54, 1.807) is 24.3 Å². The predicted octanol–water partition coefficient (Wildman–Crippen LogP) is 4.13. The van der Waals surface area contributed by atoms with Crippen LogP contribution in [0.5, 0.6) is 0 Å². The van der Waals surface area contributed by atoms with Crippen molar-refractivity contribution in [2.45, 2.75) is 19.0 Å². The highest BCUT2D eigenvalue weighted by molar-refractivity contribution is 6.31. The van der Waals surface area contributed by atoms with Crippen LogP contribution in [0.25, 0.3) is 10.9 Å². The highest BCUT2D eigenvalue weighted by atomic mass is 35.5. The van der Waals surface area contributed by atoms with Gasteiger partial charge in [-0.25, -0.2) is 0 Å². The average molecular weight is 360 g/mol. The minimum Gasteiger partial charge on any atom is -0.357 e. The van der Waals surface area contributed by atoms with Crippen molar-refractivity contribution in [3.63, 3.8) is 0 Å². The lowest BCUT2D eigenvalue weighted by Gasteiger charge is -2.23. The molecule has 6 heteroatoms. The number of aromatic amines is 1. The standard InChI is InChI=1S/C18H15Cl2N3O/c19-10-1-4-12(5-2-10)22-18(24)16-8-14-13-7-11(20)3-6-15(13)23-17(14)9-21-16/h1-7,16,21,23H,8-9H2,(H,22,24). The van der Waals surface area contributed by atoms with Crippen molar-refractivity contribution in [2.24, 2.45) is 0 Å². The molecule has 1 aliphatic rings. The Balaban J connectivity index is 1.57. The Morgan fingerprint density at radius 1 is 1.08 bits per heavy atom. The maximum atomic E-state index is 12.5. The lowest BCUT2D eigenvalue weighted by Crippen LogP contribution is -2.44. The highest BCUT2D eigenvalue weighted by Gasteiger charge is 2.27. The summed E-state index contributed by atoms with van der Waals surface area (Å²) in [6.07, 6.45) is 0.620. The molecule has 4 rings (SSSR count). The van der Waals surface area contributed by atoms with Crippen LogP contribution < -0.4 is 10.6 Å². The topological polar surface area (TPSA) is 56.9 Å². The fourth-order valence-electron chi connectivity index (χ4n) is 3.11. The summed E-state index contributed by atoms with van der Waals surface area (Å²) in [5.41, 5.74) is 4.05. The van der Waals surface area contributed by atoms with Gasteiger partial charge in [0.25, 0.3) is 0 Å². The maximum absolute atomic E-state index is 12.5. The average Bonchev–Trinajstić information content (AvgIpc) is 2.94. The number of carbonyl (C=O) groups is 1. The van der Waals surface area contributed by atoms with Crippen molar-refractivity contribution < 1.29 is 4.79 Å². The molecule has 1 amide bonds. The van der Waals surface area contributed by atoms with E-state index in [1.807, 2.05) is 18.2 Å². The lowest BCUT2D eigenvalue weighted by atomic mass is 9.98. The zero-order valence-electron chi connectivity index (χ0n) is 12.7. The molecule has 1 unspecified atom stereocenters. The van der Waals surface area contributed by atoms with Gasteiger partial charge in [0.15, 0.2) is 0 Å². The molecular weight excluding hydrogens is 345 g/mol. The van der Waals surface area contributed by atoms with E-state index in [9.17, 15) is 4.79 Å². The molecule has 1 aliphatic heterocycles. The second-order valence-electron chi connectivity index (χ2n) is 5.91. The van der Waals surface area contributed by atoms with Crippen molar-refractivity contribution >= 4 is 45.7 Å². The largest absolute Gasteiger partial charge is 0.357 e. The van der Waals surface area contributed by atoms with E-state index in [0.717, 1.165) is 27.8 Å². The predicted molar refractivity (Wildman–Crippen MR) is 97.7 cm³/mol. The maximum Gasteiger partial charge on any atom is 0.241 e. The van der Waals surface area contributed by atoms with Crippen LogP contribution in [0.1, 0.15) is 11.3 Å². The zero-order chi connectivity index (χ0) is 16.7. The monoisotopic (exact) mass is 359 g/mol. The number of hydrogen-bond acceptors (Lipinski definition) is 2. The molecule has 2 aromatic carbocycles. The van der Waals surface area contributed by atoms with E-state index >= 15 is 0 Å². The SMILES string of the molecule is O=C(Nc1ccc(Cl)cc1)C1Cc2c([nH]c3ccc(Cl)cc23)CN1. The molecule has 0 bridgehead atoms. The third-order valence-corrected chi connectivity index (χ3v) is 4.81. The second kappa shape index (κ2) is 6.13. The molecule has 0 aliphatic carbocycles. The first-order valence-corrected chi connectivity index (χ1v) is 8.44. The Kier molecular flexibility index (Phi) is 3.96. The number of rotatable bonds is 2. The van der Waals surface area contributed by atoms with E-state index in [0.29, 0.717) is 23.0 Å². The van der Waals surface area contributed by atoms with Gasteiger partial charge >= 0.3 is 0 Å². The van der Waals surface area contributed by atoms with E-state index < -0.39 is 0 Å². The first kappa shape index (κ1) is 15.5. The number of H-pyrrole nitrogens is 1. The van der Waals surface area contributed by atoms with Gasteiger partial charge in [-0.1, -0.05) is 23.2 Å². The molecule has 0 fully saturated rings. The Bertz CT molecular complexity index is 918. The molecule has 0 spiro atoms. The van der Waals surface area contributed by atoms with Crippen LogP contribution in [0.15, 0.2) is 42.5 Å². The van der Waals surface area contributed by atoms with Crippen LogP contribution in [0, 0.1) is 0 Å². The van der Waals surface area contributed by atoms with Crippen molar-refractivity contribution in [1.29, 1.82) is 0 Å². The number of nitrogens with one attached hydrogen (secondary N) is 3. The summed E-state index contributed by atoms with van der Waals surface area (Å²) >= 11 is 12.0. The second-order valence-corrected chi connectivity index (χ2v) is 6.78. The molecule has 1 aromatic heterocycles. The van der Waals surface area contributed by atoms with Gasteiger partial charge < -0.3 is 10.3 Å². The highest BCUT2D eigenvalue weighted by Crippen LogP contribution is 2.29. The normalized spacial score (nSPS) is 16.8. The smallest absolute Gasteiger partial charge is 0.241 e. The van der Waals surface area contributed by atoms with E-state index in [4.69, 9.17) is 23.2 Å².